The van der Waals surface area contributed by atoms with E-state index in [-0.39, 0.29) is 28.7 Å². The van der Waals surface area contributed by atoms with Gasteiger partial charge in [0, 0.05) is 24.2 Å². The van der Waals surface area contributed by atoms with E-state index in [2.05, 4.69) is 15.4 Å². The number of nitrogens with one attached hydrogen (secondary N) is 1. The number of ether oxygens (including phenoxy) is 2. The van der Waals surface area contributed by atoms with Gasteiger partial charge in [0.15, 0.2) is 0 Å². The highest BCUT2D eigenvalue weighted by Crippen LogP contribution is 2.35. The van der Waals surface area contributed by atoms with Crippen LogP contribution in [0.2, 0.25) is 0 Å². The molecule has 0 unspecified atom stereocenters. The summed E-state index contributed by atoms with van der Waals surface area (Å²) < 4.78 is 12.1. The van der Waals surface area contributed by atoms with Crippen LogP contribution < -0.4 is 5.32 Å². The van der Waals surface area contributed by atoms with Gasteiger partial charge in [0.25, 0.3) is 5.91 Å². The Hall–Kier alpha value is -4.05. The van der Waals surface area contributed by atoms with E-state index >= 15 is 0 Å². The zero-order chi connectivity index (χ0) is 25.8. The Morgan fingerprint density at radius 1 is 1.11 bits per heavy atom. The van der Waals surface area contributed by atoms with E-state index in [1.54, 1.807) is 37.8 Å². The first-order chi connectivity index (χ1) is 17.3. The van der Waals surface area contributed by atoms with Crippen molar-refractivity contribution in [3.8, 4) is 11.3 Å². The van der Waals surface area contributed by atoms with E-state index in [0.717, 1.165) is 16.9 Å². The van der Waals surface area contributed by atoms with Crippen molar-refractivity contribution < 1.29 is 23.9 Å². The second-order valence-corrected chi connectivity index (χ2v) is 9.07. The molecule has 1 N–H and O–H groups in total. The number of thiophene rings is 1. The number of esters is 2. The maximum absolute atomic E-state index is 13.6. The van der Waals surface area contributed by atoms with Crippen LogP contribution in [0.1, 0.15) is 56.2 Å². The van der Waals surface area contributed by atoms with Crippen molar-refractivity contribution in [2.75, 3.05) is 18.5 Å². The summed E-state index contributed by atoms with van der Waals surface area (Å²) in [7, 11) is 1.80. The maximum atomic E-state index is 13.6. The average Bonchev–Trinajstić information content (AvgIpc) is 3.44. The Morgan fingerprint density at radius 2 is 1.89 bits per heavy atom. The van der Waals surface area contributed by atoms with Gasteiger partial charge in [-0.3, -0.25) is 9.48 Å². The lowest BCUT2D eigenvalue weighted by atomic mass is 10.0. The Bertz CT molecular complexity index is 1460. The summed E-state index contributed by atoms with van der Waals surface area (Å²) in [6, 6.07) is 9.00. The maximum Gasteiger partial charge on any atom is 0.348 e. The number of aryl methyl sites for hydroxylation is 1. The monoisotopic (exact) mass is 506 g/mol. The van der Waals surface area contributed by atoms with Crippen LogP contribution in [0.4, 0.5) is 5.00 Å². The molecule has 0 atom stereocenters. The molecule has 0 spiro atoms. The molecule has 0 fully saturated rings. The predicted octanol–water partition coefficient (Wildman–Crippen LogP) is 5.00. The van der Waals surface area contributed by atoms with Gasteiger partial charge < -0.3 is 14.8 Å². The number of anilines is 1. The minimum atomic E-state index is -0.605. The topological polar surface area (TPSA) is 112 Å². The lowest BCUT2D eigenvalue weighted by Crippen LogP contribution is -2.16. The Balaban J connectivity index is 1.78. The van der Waals surface area contributed by atoms with E-state index in [0.29, 0.717) is 34.1 Å². The summed E-state index contributed by atoms with van der Waals surface area (Å²) in [6.45, 7) is 5.64. The number of para-hydroxylation sites is 1. The zero-order valence-electron chi connectivity index (χ0n) is 20.5. The van der Waals surface area contributed by atoms with Crippen LogP contribution in [0.25, 0.3) is 22.2 Å². The quantitative estimate of drug-likeness (QED) is 0.335. The molecule has 0 aliphatic heterocycles. The molecule has 0 saturated heterocycles. The van der Waals surface area contributed by atoms with E-state index in [1.165, 1.54) is 0 Å². The molecule has 9 nitrogen and oxygen atoms in total. The molecule has 3 aromatic heterocycles. The number of pyridine rings is 1. The standard InChI is InChI=1S/C26H26N4O5S/c1-5-11-35-25(32)21-15(3)22(26(33)34-6-2)36-24(21)29-23(31)18-12-20(16-13-27-30(4)14-16)28-19-10-8-7-9-17(18)19/h7-10,12-14H,5-6,11H2,1-4H3,(H,29,31). The third-order valence-electron chi connectivity index (χ3n) is 5.44. The molecule has 0 aliphatic carbocycles. The molecular formula is C26H26N4O5S. The van der Waals surface area contributed by atoms with Gasteiger partial charge in [-0.15, -0.1) is 11.3 Å². The smallest absolute Gasteiger partial charge is 0.348 e. The molecule has 4 rings (SSSR count). The predicted molar refractivity (Wildman–Crippen MR) is 137 cm³/mol. The van der Waals surface area contributed by atoms with Crippen LogP contribution in [-0.2, 0) is 16.5 Å². The molecule has 0 radical (unpaired) electrons. The number of rotatable bonds is 8. The third kappa shape index (κ3) is 4.99. The summed E-state index contributed by atoms with van der Waals surface area (Å²) in [6.07, 6.45) is 4.13. The highest BCUT2D eigenvalue weighted by molar-refractivity contribution is 7.18. The normalized spacial score (nSPS) is 10.9. The fourth-order valence-electron chi connectivity index (χ4n) is 3.74. The molecule has 0 bridgehead atoms. The van der Waals surface area contributed by atoms with Crippen LogP contribution in [-0.4, -0.2) is 45.8 Å². The number of fused-ring (bicyclic) bond motifs is 1. The van der Waals surface area contributed by atoms with E-state index in [1.807, 2.05) is 37.4 Å². The first-order valence-corrected chi connectivity index (χ1v) is 12.3. The van der Waals surface area contributed by atoms with E-state index in [9.17, 15) is 14.4 Å². The van der Waals surface area contributed by atoms with E-state index in [4.69, 9.17) is 9.47 Å². The number of hydrogen-bond donors (Lipinski definition) is 1. The number of aromatic nitrogens is 3. The fourth-order valence-corrected chi connectivity index (χ4v) is 4.82. The van der Waals surface area contributed by atoms with E-state index < -0.39 is 17.8 Å². The van der Waals surface area contributed by atoms with Gasteiger partial charge in [-0.05, 0) is 38.0 Å². The summed E-state index contributed by atoms with van der Waals surface area (Å²) in [5, 5.41) is 7.92. The van der Waals surface area contributed by atoms with Crippen LogP contribution in [0.3, 0.4) is 0 Å². The van der Waals surface area contributed by atoms with Crippen molar-refractivity contribution in [3.05, 3.63) is 64.3 Å². The molecule has 10 heteroatoms. The number of hydrogen-bond acceptors (Lipinski definition) is 8. The van der Waals surface area contributed by atoms with Gasteiger partial charge in [0.05, 0.1) is 41.7 Å². The molecule has 1 amide bonds. The summed E-state index contributed by atoms with van der Waals surface area (Å²) in [5.74, 6) is -1.61. The lowest BCUT2D eigenvalue weighted by Gasteiger charge is -2.11. The number of carbonyl (C=O) groups is 3. The first-order valence-electron chi connectivity index (χ1n) is 11.5. The van der Waals surface area contributed by atoms with Crippen LogP contribution in [0.15, 0.2) is 42.7 Å². The molecule has 36 heavy (non-hydrogen) atoms. The number of nitrogens with zero attached hydrogens (tertiary/aromatic N) is 3. The van der Waals surface area contributed by atoms with Gasteiger partial charge in [0.2, 0.25) is 0 Å². The van der Waals surface area contributed by atoms with Crippen molar-refractivity contribution >= 4 is 45.1 Å². The Morgan fingerprint density at radius 3 is 2.58 bits per heavy atom. The number of benzene rings is 1. The minimum Gasteiger partial charge on any atom is -0.462 e. The van der Waals surface area contributed by atoms with Gasteiger partial charge in [-0.1, -0.05) is 25.1 Å². The highest BCUT2D eigenvalue weighted by Gasteiger charge is 2.28. The molecule has 3 heterocycles. The largest absolute Gasteiger partial charge is 0.462 e. The van der Waals surface area contributed by atoms with Crippen LogP contribution in [0.5, 0.6) is 0 Å². The van der Waals surface area contributed by atoms with Crippen LogP contribution >= 0.6 is 11.3 Å². The van der Waals surface area contributed by atoms with Gasteiger partial charge in [0.1, 0.15) is 9.88 Å². The molecule has 186 valence electrons. The summed E-state index contributed by atoms with van der Waals surface area (Å²) >= 11 is 0.992. The fraction of sp³-hybridized carbons (Fsp3) is 0.269. The minimum absolute atomic E-state index is 0.149. The third-order valence-corrected chi connectivity index (χ3v) is 6.62. The molecule has 4 aromatic rings. The van der Waals surface area contributed by atoms with Gasteiger partial charge in [-0.25, -0.2) is 14.6 Å². The Kier molecular flexibility index (Phi) is 7.44. The van der Waals surface area contributed by atoms with Gasteiger partial charge >= 0.3 is 11.9 Å². The zero-order valence-corrected chi connectivity index (χ0v) is 21.3. The number of carbonyl (C=O) groups excluding carboxylic acids is 3. The molecule has 0 aliphatic rings. The molecule has 0 saturated carbocycles. The van der Waals surface area contributed by atoms with Crippen molar-refractivity contribution in [1.29, 1.82) is 0 Å². The Labute approximate surface area is 212 Å². The van der Waals surface area contributed by atoms with Gasteiger partial charge in [-0.2, -0.15) is 5.10 Å². The number of amides is 1. The first kappa shape index (κ1) is 25.1. The van der Waals surface area contributed by atoms with Crippen molar-refractivity contribution in [2.45, 2.75) is 27.2 Å². The van der Waals surface area contributed by atoms with Crippen LogP contribution in [0, 0.1) is 6.92 Å². The summed E-state index contributed by atoms with van der Waals surface area (Å²) in [4.78, 5) is 43.9. The lowest BCUT2D eigenvalue weighted by molar-refractivity contribution is 0.0506. The molecule has 1 aromatic carbocycles. The average molecular weight is 507 g/mol. The highest BCUT2D eigenvalue weighted by atomic mass is 32.1. The second-order valence-electron chi connectivity index (χ2n) is 8.05. The second kappa shape index (κ2) is 10.7. The van der Waals surface area contributed by atoms with Crippen molar-refractivity contribution in [1.82, 2.24) is 14.8 Å². The van der Waals surface area contributed by atoms with Crippen molar-refractivity contribution in [3.63, 3.8) is 0 Å². The summed E-state index contributed by atoms with van der Waals surface area (Å²) in [5.41, 5.74) is 2.92. The molecular weight excluding hydrogens is 480 g/mol. The van der Waals surface area contributed by atoms with Crippen molar-refractivity contribution in [2.24, 2.45) is 7.05 Å². The SMILES string of the molecule is CCCOC(=O)c1c(NC(=O)c2cc(-c3cnn(C)c3)nc3ccccc23)sc(C(=O)OCC)c1C.